The third-order valence-electron chi connectivity index (χ3n) is 2.17. The van der Waals surface area contributed by atoms with Gasteiger partial charge in [0, 0.05) is 0 Å². The van der Waals surface area contributed by atoms with Gasteiger partial charge in [0.25, 0.3) is 0 Å². The summed E-state index contributed by atoms with van der Waals surface area (Å²) in [5.41, 5.74) is 0. The van der Waals surface area contributed by atoms with Gasteiger partial charge in [0.1, 0.15) is 0 Å². The molecule has 1 unspecified atom stereocenters. The zero-order valence-corrected chi connectivity index (χ0v) is 11.1. The summed E-state index contributed by atoms with van der Waals surface area (Å²) < 4.78 is 28.4. The van der Waals surface area contributed by atoms with Gasteiger partial charge in [-0.25, -0.2) is 8.42 Å². The number of sulfone groups is 1. The van der Waals surface area contributed by atoms with Gasteiger partial charge in [0.2, 0.25) is 0 Å². The van der Waals surface area contributed by atoms with Crippen LogP contribution in [0.3, 0.4) is 0 Å². The van der Waals surface area contributed by atoms with Crippen LogP contribution in [-0.2, 0) is 19.4 Å². The van der Waals surface area contributed by atoms with Crippen LogP contribution in [0.1, 0.15) is 6.92 Å². The SMILES string of the molecule is COC(=O)C(C)(Cl)CS(=O)(=O)c1ccccc1. The molecule has 1 aromatic carbocycles. The molecule has 4 nitrogen and oxygen atoms in total. The second-order valence-electron chi connectivity index (χ2n) is 3.76. The standard InChI is InChI=1S/C11H13ClO4S/c1-11(12,10(13)16-2)8-17(14,15)9-6-4-3-5-7-9/h3-7H,8H2,1-2H3. The lowest BCUT2D eigenvalue weighted by Crippen LogP contribution is -2.37. The van der Waals surface area contributed by atoms with Gasteiger partial charge in [-0.15, -0.1) is 11.6 Å². The summed E-state index contributed by atoms with van der Waals surface area (Å²) in [6.45, 7) is 1.32. The molecule has 0 spiro atoms. The molecule has 0 saturated carbocycles. The minimum absolute atomic E-state index is 0.135. The van der Waals surface area contributed by atoms with Crippen molar-refractivity contribution in [2.24, 2.45) is 0 Å². The molecule has 6 heteroatoms. The number of halogens is 1. The molecule has 0 aliphatic carbocycles. The van der Waals surface area contributed by atoms with Crippen LogP contribution in [0, 0.1) is 0 Å². The summed E-state index contributed by atoms with van der Waals surface area (Å²) in [6.07, 6.45) is 0. The van der Waals surface area contributed by atoms with Crippen molar-refractivity contribution in [1.29, 1.82) is 0 Å². The Balaban J connectivity index is 3.00. The van der Waals surface area contributed by atoms with Crippen molar-refractivity contribution in [2.75, 3.05) is 12.9 Å². The zero-order valence-electron chi connectivity index (χ0n) is 9.51. The maximum absolute atomic E-state index is 12.0. The van der Waals surface area contributed by atoms with Gasteiger partial charge in [-0.2, -0.15) is 0 Å². The molecule has 0 aromatic heterocycles. The van der Waals surface area contributed by atoms with E-state index in [2.05, 4.69) is 4.74 Å². The van der Waals surface area contributed by atoms with E-state index in [-0.39, 0.29) is 4.90 Å². The van der Waals surface area contributed by atoms with Crippen LogP contribution in [0.4, 0.5) is 0 Å². The first kappa shape index (κ1) is 14.0. The molecule has 1 rings (SSSR count). The third-order valence-corrected chi connectivity index (χ3v) is 4.57. The van der Waals surface area contributed by atoms with E-state index in [1.807, 2.05) is 0 Å². The third kappa shape index (κ3) is 3.44. The van der Waals surface area contributed by atoms with Crippen LogP contribution < -0.4 is 0 Å². The molecule has 0 saturated heterocycles. The van der Waals surface area contributed by atoms with Crippen molar-refractivity contribution < 1.29 is 17.9 Å². The first-order chi connectivity index (χ1) is 7.79. The molecular weight excluding hydrogens is 264 g/mol. The van der Waals surface area contributed by atoms with E-state index in [0.29, 0.717) is 0 Å². The molecule has 0 amide bonds. The summed E-state index contributed by atoms with van der Waals surface area (Å²) in [5, 5.41) is 0. The number of hydrogen-bond donors (Lipinski definition) is 0. The van der Waals surface area contributed by atoms with E-state index in [0.717, 1.165) is 7.11 Å². The largest absolute Gasteiger partial charge is 0.468 e. The van der Waals surface area contributed by atoms with Gasteiger partial charge < -0.3 is 4.74 Å². The summed E-state index contributed by atoms with van der Waals surface area (Å²) in [4.78, 5) is 9.88. The van der Waals surface area contributed by atoms with Crippen LogP contribution in [0.5, 0.6) is 0 Å². The maximum atomic E-state index is 12.0. The smallest absolute Gasteiger partial charge is 0.327 e. The van der Waals surface area contributed by atoms with Gasteiger partial charge >= 0.3 is 5.97 Å². The molecule has 0 fully saturated rings. The molecule has 0 bridgehead atoms. The Kier molecular flexibility index (Phi) is 4.16. The highest BCUT2D eigenvalue weighted by atomic mass is 35.5. The van der Waals surface area contributed by atoms with E-state index < -0.39 is 26.4 Å². The minimum atomic E-state index is -3.61. The molecular formula is C11H13ClO4S. The monoisotopic (exact) mass is 276 g/mol. The maximum Gasteiger partial charge on any atom is 0.327 e. The van der Waals surface area contributed by atoms with Crippen molar-refractivity contribution in [3.05, 3.63) is 30.3 Å². The molecule has 0 aliphatic rings. The molecule has 0 radical (unpaired) electrons. The normalized spacial score (nSPS) is 15.0. The Bertz CT molecular complexity index is 493. The molecule has 0 aliphatic heterocycles. The quantitative estimate of drug-likeness (QED) is 0.619. The molecule has 17 heavy (non-hydrogen) atoms. The van der Waals surface area contributed by atoms with Gasteiger partial charge in [-0.1, -0.05) is 18.2 Å². The number of hydrogen-bond acceptors (Lipinski definition) is 4. The summed E-state index contributed by atoms with van der Waals surface area (Å²) in [7, 11) is -2.44. The highest BCUT2D eigenvalue weighted by molar-refractivity contribution is 7.91. The van der Waals surface area contributed by atoms with Crippen molar-refractivity contribution in [3.63, 3.8) is 0 Å². The van der Waals surface area contributed by atoms with E-state index in [1.54, 1.807) is 18.2 Å². The van der Waals surface area contributed by atoms with Gasteiger partial charge in [0.05, 0.1) is 17.8 Å². The number of rotatable bonds is 4. The highest BCUT2D eigenvalue weighted by Crippen LogP contribution is 2.23. The molecule has 0 heterocycles. The van der Waals surface area contributed by atoms with Crippen LogP contribution in [0.2, 0.25) is 0 Å². The predicted molar refractivity (Wildman–Crippen MR) is 64.8 cm³/mol. The number of methoxy groups -OCH3 is 1. The van der Waals surface area contributed by atoms with E-state index in [1.165, 1.54) is 19.1 Å². The van der Waals surface area contributed by atoms with Crippen LogP contribution in [0.25, 0.3) is 0 Å². The lowest BCUT2D eigenvalue weighted by atomic mass is 10.2. The van der Waals surface area contributed by atoms with Crippen LogP contribution >= 0.6 is 11.6 Å². The fourth-order valence-corrected chi connectivity index (χ4v) is 3.42. The summed E-state index contributed by atoms with van der Waals surface area (Å²) in [5.74, 6) is -1.27. The number of ether oxygens (including phenoxy) is 1. The van der Waals surface area contributed by atoms with E-state index in [4.69, 9.17) is 11.6 Å². The van der Waals surface area contributed by atoms with Crippen LogP contribution in [-0.4, -0.2) is 32.1 Å². The van der Waals surface area contributed by atoms with E-state index >= 15 is 0 Å². The lowest BCUT2D eigenvalue weighted by molar-refractivity contribution is -0.142. The lowest BCUT2D eigenvalue weighted by Gasteiger charge is -2.18. The topological polar surface area (TPSA) is 60.4 Å². The Morgan fingerprint density at radius 1 is 1.35 bits per heavy atom. The second-order valence-corrected chi connectivity index (χ2v) is 6.58. The fourth-order valence-electron chi connectivity index (χ4n) is 1.34. The van der Waals surface area contributed by atoms with Gasteiger partial charge in [-0.3, -0.25) is 4.79 Å². The Morgan fingerprint density at radius 2 is 1.88 bits per heavy atom. The fraction of sp³-hybridized carbons (Fsp3) is 0.364. The summed E-state index contributed by atoms with van der Waals surface area (Å²) in [6, 6.07) is 7.84. The Morgan fingerprint density at radius 3 is 2.35 bits per heavy atom. The predicted octanol–water partition coefficient (Wildman–Crippen LogP) is 1.63. The number of alkyl halides is 1. The highest BCUT2D eigenvalue weighted by Gasteiger charge is 2.37. The Hall–Kier alpha value is -1.07. The summed E-state index contributed by atoms with van der Waals surface area (Å²) >= 11 is 5.87. The molecule has 0 N–H and O–H groups in total. The van der Waals surface area contributed by atoms with Crippen molar-refractivity contribution in [3.8, 4) is 0 Å². The molecule has 1 aromatic rings. The average Bonchev–Trinajstić information content (AvgIpc) is 2.27. The first-order valence-corrected chi connectivity index (χ1v) is 6.88. The number of esters is 1. The Labute approximate surface area is 105 Å². The van der Waals surface area contributed by atoms with Crippen molar-refractivity contribution in [1.82, 2.24) is 0 Å². The van der Waals surface area contributed by atoms with E-state index in [9.17, 15) is 13.2 Å². The first-order valence-electron chi connectivity index (χ1n) is 4.85. The number of carbonyl (C=O) groups is 1. The second kappa shape index (κ2) is 5.06. The minimum Gasteiger partial charge on any atom is -0.468 e. The van der Waals surface area contributed by atoms with Crippen molar-refractivity contribution >= 4 is 27.4 Å². The van der Waals surface area contributed by atoms with Crippen LogP contribution in [0.15, 0.2) is 35.2 Å². The van der Waals surface area contributed by atoms with Gasteiger partial charge in [-0.05, 0) is 19.1 Å². The average molecular weight is 277 g/mol. The molecule has 1 atom stereocenters. The van der Waals surface area contributed by atoms with Crippen molar-refractivity contribution in [2.45, 2.75) is 16.7 Å². The zero-order chi connectivity index (χ0) is 13.1. The van der Waals surface area contributed by atoms with Gasteiger partial charge in [0.15, 0.2) is 14.7 Å². The molecule has 94 valence electrons. The number of carbonyl (C=O) groups excluding carboxylic acids is 1. The number of benzene rings is 1.